The summed E-state index contributed by atoms with van der Waals surface area (Å²) < 4.78 is 4.67. The van der Waals surface area contributed by atoms with Crippen molar-refractivity contribution >= 4 is 40.0 Å². The van der Waals surface area contributed by atoms with E-state index in [9.17, 15) is 4.79 Å². The number of hydrazone groups is 1. The lowest BCUT2D eigenvalue weighted by Gasteiger charge is -2.04. The predicted octanol–water partition coefficient (Wildman–Crippen LogP) is 3.18. The first-order valence-electron chi connectivity index (χ1n) is 4.97. The highest BCUT2D eigenvalue weighted by Crippen LogP contribution is 2.19. The molecular weight excluding hydrogens is 263 g/mol. The van der Waals surface area contributed by atoms with Gasteiger partial charge in [0.1, 0.15) is 0 Å². The summed E-state index contributed by atoms with van der Waals surface area (Å²) in [6.07, 6.45) is 0. The molecule has 1 rings (SSSR count). The molecule has 0 spiro atoms. The van der Waals surface area contributed by atoms with E-state index in [0.29, 0.717) is 10.7 Å². The fraction of sp³-hybridized carbons (Fsp3) is 0.273. The lowest BCUT2D eigenvalue weighted by Crippen LogP contribution is -2.13. The van der Waals surface area contributed by atoms with Crippen molar-refractivity contribution in [3.8, 4) is 0 Å². The highest BCUT2D eigenvalue weighted by atomic mass is 35.5. The lowest BCUT2D eigenvalue weighted by molar-refractivity contribution is -0.134. The van der Waals surface area contributed by atoms with Crippen molar-refractivity contribution in [1.82, 2.24) is 0 Å². The van der Waals surface area contributed by atoms with Crippen molar-refractivity contribution in [3.05, 3.63) is 28.8 Å². The van der Waals surface area contributed by atoms with Crippen LogP contribution < -0.4 is 5.43 Å². The summed E-state index contributed by atoms with van der Waals surface area (Å²) in [4.78, 5) is 11.1. The number of hydrogen-bond acceptors (Lipinski definition) is 4. The molecule has 4 nitrogen and oxygen atoms in total. The van der Waals surface area contributed by atoms with Crippen LogP contribution in [0, 0.1) is 6.92 Å². The second-order valence-corrected chi connectivity index (χ2v) is 3.96. The third kappa shape index (κ3) is 4.24. The largest absolute Gasteiger partial charge is 0.461 e. The number of esters is 1. The second-order valence-electron chi connectivity index (χ2n) is 3.20. The van der Waals surface area contributed by atoms with E-state index in [2.05, 4.69) is 15.3 Å². The van der Waals surface area contributed by atoms with Crippen LogP contribution in [0.1, 0.15) is 12.5 Å². The first-order valence-corrected chi connectivity index (χ1v) is 5.72. The first kappa shape index (κ1) is 13.8. The number of ether oxygens (including phenoxy) is 1. The van der Waals surface area contributed by atoms with Gasteiger partial charge in [-0.15, -0.1) is 0 Å². The van der Waals surface area contributed by atoms with Crippen LogP contribution in [0.2, 0.25) is 5.02 Å². The molecule has 0 atom stereocenters. The maximum Gasteiger partial charge on any atom is 0.370 e. The molecule has 6 heteroatoms. The molecule has 0 saturated carbocycles. The topological polar surface area (TPSA) is 50.7 Å². The molecule has 1 aromatic rings. The standard InChI is InChI=1S/C11H12Cl2N2O2/c1-3-17-11(16)10(13)15-14-8-5-4-7(2)9(12)6-8/h4-6,14H,3H2,1-2H3/b15-10+. The summed E-state index contributed by atoms with van der Waals surface area (Å²) in [6, 6.07) is 5.30. The number of carbonyl (C=O) groups excluding carboxylic acids is 1. The van der Waals surface area contributed by atoms with Gasteiger partial charge in [-0.3, -0.25) is 5.43 Å². The monoisotopic (exact) mass is 274 g/mol. The van der Waals surface area contributed by atoms with Crippen LogP contribution in [0.25, 0.3) is 0 Å². The molecule has 0 aliphatic heterocycles. The molecular formula is C11H12Cl2N2O2. The molecule has 92 valence electrons. The van der Waals surface area contributed by atoms with Gasteiger partial charge in [-0.1, -0.05) is 29.3 Å². The summed E-state index contributed by atoms with van der Waals surface area (Å²) in [5.41, 5.74) is 4.22. The summed E-state index contributed by atoms with van der Waals surface area (Å²) in [5.74, 6) is -0.667. The Morgan fingerprint density at radius 1 is 1.53 bits per heavy atom. The molecule has 0 aliphatic rings. The van der Waals surface area contributed by atoms with Gasteiger partial charge in [0.25, 0.3) is 0 Å². The number of hydrogen-bond donors (Lipinski definition) is 1. The average Bonchev–Trinajstić information content (AvgIpc) is 2.30. The molecule has 0 amide bonds. The van der Waals surface area contributed by atoms with Gasteiger partial charge in [0, 0.05) is 5.02 Å². The molecule has 0 aliphatic carbocycles. The van der Waals surface area contributed by atoms with E-state index in [1.165, 1.54) is 0 Å². The summed E-state index contributed by atoms with van der Waals surface area (Å²) in [5, 5.41) is 4.03. The SMILES string of the molecule is CCOC(=O)/C(Cl)=N\Nc1ccc(C)c(Cl)c1. The number of anilines is 1. The first-order chi connectivity index (χ1) is 8.04. The van der Waals surface area contributed by atoms with Crippen molar-refractivity contribution in [1.29, 1.82) is 0 Å². The maximum atomic E-state index is 11.1. The lowest BCUT2D eigenvalue weighted by atomic mass is 10.2. The fourth-order valence-electron chi connectivity index (χ4n) is 1.01. The molecule has 0 aromatic heterocycles. The molecule has 1 aromatic carbocycles. The normalized spacial score (nSPS) is 11.2. The molecule has 0 fully saturated rings. The van der Waals surface area contributed by atoms with Gasteiger partial charge in [-0.05, 0) is 31.5 Å². The Kier molecular flexibility index (Phi) is 5.25. The summed E-state index contributed by atoms with van der Waals surface area (Å²) >= 11 is 11.5. The molecule has 17 heavy (non-hydrogen) atoms. The zero-order valence-electron chi connectivity index (χ0n) is 9.46. The Morgan fingerprint density at radius 3 is 2.82 bits per heavy atom. The second kappa shape index (κ2) is 6.47. The van der Waals surface area contributed by atoms with Gasteiger partial charge in [0.05, 0.1) is 12.3 Å². The van der Waals surface area contributed by atoms with Crippen LogP contribution in [0.15, 0.2) is 23.3 Å². The Balaban J connectivity index is 2.69. The predicted molar refractivity (Wildman–Crippen MR) is 69.7 cm³/mol. The number of aryl methyl sites for hydroxylation is 1. The van der Waals surface area contributed by atoms with E-state index in [1.807, 2.05) is 13.0 Å². The van der Waals surface area contributed by atoms with E-state index in [4.69, 9.17) is 23.2 Å². The van der Waals surface area contributed by atoms with Crippen LogP contribution in [0.4, 0.5) is 5.69 Å². The Hall–Kier alpha value is -1.26. The number of nitrogens with one attached hydrogen (secondary N) is 1. The average molecular weight is 275 g/mol. The zero-order chi connectivity index (χ0) is 12.8. The Labute approximate surface area is 110 Å². The van der Waals surface area contributed by atoms with Gasteiger partial charge >= 0.3 is 5.97 Å². The van der Waals surface area contributed by atoms with Gasteiger partial charge < -0.3 is 4.74 Å². The number of rotatable bonds is 4. The molecule has 0 bridgehead atoms. The van der Waals surface area contributed by atoms with Crippen LogP contribution >= 0.6 is 23.2 Å². The quantitative estimate of drug-likeness (QED) is 0.521. The summed E-state index contributed by atoms with van der Waals surface area (Å²) in [6.45, 7) is 3.83. The third-order valence-electron chi connectivity index (χ3n) is 1.90. The number of halogens is 2. The molecule has 1 N–H and O–H groups in total. The molecule has 0 heterocycles. The van der Waals surface area contributed by atoms with Crippen LogP contribution in [-0.4, -0.2) is 17.7 Å². The van der Waals surface area contributed by atoms with E-state index in [-0.39, 0.29) is 11.8 Å². The third-order valence-corrected chi connectivity index (χ3v) is 2.54. The number of carbonyl (C=O) groups is 1. The number of nitrogens with zero attached hydrogens (tertiary/aromatic N) is 1. The Bertz CT molecular complexity index is 447. The maximum absolute atomic E-state index is 11.1. The van der Waals surface area contributed by atoms with Crippen LogP contribution in [0.3, 0.4) is 0 Å². The highest BCUT2D eigenvalue weighted by molar-refractivity contribution is 6.82. The minimum absolute atomic E-state index is 0.251. The van der Waals surface area contributed by atoms with Gasteiger partial charge in [0.15, 0.2) is 0 Å². The van der Waals surface area contributed by atoms with Gasteiger partial charge in [-0.25, -0.2) is 4.79 Å². The van der Waals surface area contributed by atoms with E-state index in [1.54, 1.807) is 19.1 Å². The van der Waals surface area contributed by atoms with Crippen LogP contribution in [-0.2, 0) is 9.53 Å². The number of benzene rings is 1. The van der Waals surface area contributed by atoms with E-state index >= 15 is 0 Å². The van der Waals surface area contributed by atoms with Crippen LogP contribution in [0.5, 0.6) is 0 Å². The molecule has 0 unspecified atom stereocenters. The Morgan fingerprint density at radius 2 is 2.24 bits per heavy atom. The summed E-state index contributed by atoms with van der Waals surface area (Å²) in [7, 11) is 0. The van der Waals surface area contributed by atoms with Crippen molar-refractivity contribution in [3.63, 3.8) is 0 Å². The van der Waals surface area contributed by atoms with Crippen molar-refractivity contribution in [2.75, 3.05) is 12.0 Å². The smallest absolute Gasteiger partial charge is 0.370 e. The van der Waals surface area contributed by atoms with Gasteiger partial charge in [-0.2, -0.15) is 5.10 Å². The minimum Gasteiger partial charge on any atom is -0.461 e. The van der Waals surface area contributed by atoms with E-state index in [0.717, 1.165) is 5.56 Å². The highest BCUT2D eigenvalue weighted by Gasteiger charge is 2.08. The minimum atomic E-state index is -0.667. The molecule has 0 saturated heterocycles. The van der Waals surface area contributed by atoms with Crippen molar-refractivity contribution in [2.45, 2.75) is 13.8 Å². The van der Waals surface area contributed by atoms with Crippen molar-refractivity contribution < 1.29 is 9.53 Å². The van der Waals surface area contributed by atoms with E-state index < -0.39 is 5.97 Å². The fourth-order valence-corrected chi connectivity index (χ4v) is 1.29. The van der Waals surface area contributed by atoms with Crippen molar-refractivity contribution in [2.24, 2.45) is 5.10 Å². The van der Waals surface area contributed by atoms with Gasteiger partial charge in [0.2, 0.25) is 5.17 Å². The molecule has 0 radical (unpaired) electrons. The zero-order valence-corrected chi connectivity index (χ0v) is 11.0.